The van der Waals surface area contributed by atoms with Crippen LogP contribution in [-0.4, -0.2) is 51.4 Å². The third-order valence-corrected chi connectivity index (χ3v) is 6.97. The van der Waals surface area contributed by atoms with Crippen molar-refractivity contribution in [1.29, 1.82) is 0 Å². The summed E-state index contributed by atoms with van der Waals surface area (Å²) < 4.78 is 8.80. The molecule has 5 rings (SSSR count). The van der Waals surface area contributed by atoms with Crippen molar-refractivity contribution < 1.29 is 9.53 Å². The van der Waals surface area contributed by atoms with Gasteiger partial charge in [0.1, 0.15) is 22.9 Å². The second kappa shape index (κ2) is 9.46. The number of hydrogen-bond acceptors (Lipinski definition) is 7. The van der Waals surface area contributed by atoms with E-state index >= 15 is 0 Å². The minimum absolute atomic E-state index is 0.108. The molecule has 2 atom stereocenters. The molecule has 1 saturated heterocycles. The number of amides is 1. The number of fused-ring (bicyclic) bond motifs is 1. The molecule has 1 aliphatic heterocycles. The number of nitrogens with one attached hydrogen (secondary N) is 3. The SMILES string of the molecule is CNc1cc(Nc2cccn(C3CCOCC3)c2=O)nc2c(C(=O)NC3CCCC3C)cnn12. The van der Waals surface area contributed by atoms with Gasteiger partial charge in [0, 0.05) is 44.6 Å². The number of carbonyl (C=O) groups excluding carboxylic acids is 1. The quantitative estimate of drug-likeness (QED) is 0.513. The number of pyridine rings is 1. The lowest BCUT2D eigenvalue weighted by Gasteiger charge is -2.24. The average Bonchev–Trinajstić information content (AvgIpc) is 3.46. The summed E-state index contributed by atoms with van der Waals surface area (Å²) in [5.74, 6) is 1.39. The Bertz CT molecular complexity index is 1250. The van der Waals surface area contributed by atoms with E-state index in [0.717, 1.165) is 32.1 Å². The van der Waals surface area contributed by atoms with Gasteiger partial charge >= 0.3 is 0 Å². The molecule has 3 aromatic rings. The number of aromatic nitrogens is 4. The van der Waals surface area contributed by atoms with Crippen molar-refractivity contribution in [2.75, 3.05) is 30.9 Å². The molecule has 10 nitrogen and oxygen atoms in total. The second-order valence-electron chi connectivity index (χ2n) is 9.16. The van der Waals surface area contributed by atoms with E-state index in [4.69, 9.17) is 4.74 Å². The minimum atomic E-state index is -0.179. The summed E-state index contributed by atoms with van der Waals surface area (Å²) in [6.45, 7) is 3.48. The molecule has 0 bridgehead atoms. The Kier molecular flexibility index (Phi) is 6.23. The molecule has 10 heteroatoms. The van der Waals surface area contributed by atoms with Crippen molar-refractivity contribution >= 4 is 28.9 Å². The number of hydrogen-bond donors (Lipinski definition) is 3. The Morgan fingerprint density at radius 2 is 2.03 bits per heavy atom. The van der Waals surface area contributed by atoms with Gasteiger partial charge in [0.05, 0.1) is 6.20 Å². The first-order valence-corrected chi connectivity index (χ1v) is 12.0. The highest BCUT2D eigenvalue weighted by atomic mass is 16.5. The zero-order valence-electron chi connectivity index (χ0n) is 19.6. The monoisotopic (exact) mass is 465 g/mol. The van der Waals surface area contributed by atoms with Crippen LogP contribution in [0.3, 0.4) is 0 Å². The van der Waals surface area contributed by atoms with Crippen molar-refractivity contribution in [3.63, 3.8) is 0 Å². The fourth-order valence-electron chi connectivity index (χ4n) is 4.97. The van der Waals surface area contributed by atoms with Crippen molar-refractivity contribution in [3.05, 3.63) is 46.5 Å². The Morgan fingerprint density at radius 3 is 2.76 bits per heavy atom. The van der Waals surface area contributed by atoms with Crippen molar-refractivity contribution in [2.24, 2.45) is 5.92 Å². The van der Waals surface area contributed by atoms with Crippen LogP contribution in [0.25, 0.3) is 5.65 Å². The molecular formula is C24H31N7O3. The van der Waals surface area contributed by atoms with Gasteiger partial charge in [-0.3, -0.25) is 9.59 Å². The fraction of sp³-hybridized carbons (Fsp3) is 0.500. The number of rotatable bonds is 6. The van der Waals surface area contributed by atoms with Crippen LogP contribution in [0.5, 0.6) is 0 Å². The maximum atomic E-state index is 13.2. The summed E-state index contributed by atoms with van der Waals surface area (Å²) in [6, 6.07) is 5.66. The van der Waals surface area contributed by atoms with E-state index in [0.29, 0.717) is 47.7 Å². The van der Waals surface area contributed by atoms with Crippen LogP contribution < -0.4 is 21.5 Å². The zero-order valence-corrected chi connectivity index (χ0v) is 19.6. The molecule has 0 aromatic carbocycles. The van der Waals surface area contributed by atoms with Crippen LogP contribution in [0.15, 0.2) is 35.4 Å². The summed E-state index contributed by atoms with van der Waals surface area (Å²) in [7, 11) is 1.78. The van der Waals surface area contributed by atoms with E-state index in [1.54, 1.807) is 34.5 Å². The Balaban J connectivity index is 1.46. The lowest BCUT2D eigenvalue weighted by atomic mass is 10.1. The summed E-state index contributed by atoms with van der Waals surface area (Å²) in [4.78, 5) is 30.9. The molecule has 1 amide bonds. The molecule has 3 N–H and O–H groups in total. The third kappa shape index (κ3) is 4.25. The molecule has 2 aliphatic rings. The molecule has 2 fully saturated rings. The van der Waals surface area contributed by atoms with Gasteiger partial charge in [-0.15, -0.1) is 0 Å². The number of carbonyl (C=O) groups is 1. The summed E-state index contributed by atoms with van der Waals surface area (Å²) in [5, 5.41) is 13.8. The van der Waals surface area contributed by atoms with Gasteiger partial charge in [-0.25, -0.2) is 4.98 Å². The van der Waals surface area contributed by atoms with E-state index in [2.05, 4.69) is 33.0 Å². The van der Waals surface area contributed by atoms with Crippen LogP contribution >= 0.6 is 0 Å². The number of nitrogens with zero attached hydrogens (tertiary/aromatic N) is 4. The van der Waals surface area contributed by atoms with Gasteiger partial charge in [-0.2, -0.15) is 9.61 Å². The standard InChI is InChI=1S/C24H31N7O3/c1-15-5-3-6-18(15)28-23(32)17-14-26-31-21(25-2)13-20(29-22(17)31)27-19-7-4-10-30(24(19)33)16-8-11-34-12-9-16/h4,7,10,13-16,18,25H,3,5-6,8-9,11-12H2,1-2H3,(H,27,29)(H,28,32). The largest absolute Gasteiger partial charge is 0.381 e. The second-order valence-corrected chi connectivity index (χ2v) is 9.16. The average molecular weight is 466 g/mol. The van der Waals surface area contributed by atoms with Gasteiger partial charge in [0.25, 0.3) is 11.5 Å². The fourth-order valence-corrected chi connectivity index (χ4v) is 4.97. The van der Waals surface area contributed by atoms with Crippen molar-refractivity contribution in [2.45, 2.75) is 51.1 Å². The molecule has 180 valence electrons. The first kappa shape index (κ1) is 22.4. The maximum absolute atomic E-state index is 13.2. The Morgan fingerprint density at radius 1 is 1.21 bits per heavy atom. The van der Waals surface area contributed by atoms with E-state index < -0.39 is 0 Å². The highest BCUT2D eigenvalue weighted by Gasteiger charge is 2.27. The van der Waals surface area contributed by atoms with Gasteiger partial charge in [0.2, 0.25) is 0 Å². The minimum Gasteiger partial charge on any atom is -0.381 e. The lowest BCUT2D eigenvalue weighted by molar-refractivity contribution is 0.0687. The van der Waals surface area contributed by atoms with Crippen LogP contribution in [0.1, 0.15) is 55.4 Å². The normalized spacial score (nSPS) is 21.0. The lowest BCUT2D eigenvalue weighted by Crippen LogP contribution is -2.36. The van der Waals surface area contributed by atoms with E-state index in [-0.39, 0.29) is 23.6 Å². The molecule has 0 radical (unpaired) electrons. The molecular weight excluding hydrogens is 434 g/mol. The van der Waals surface area contributed by atoms with Crippen LogP contribution in [0, 0.1) is 5.92 Å². The highest BCUT2D eigenvalue weighted by molar-refractivity contribution is 6.00. The summed E-state index contributed by atoms with van der Waals surface area (Å²) in [5.41, 5.74) is 1.16. The molecule has 4 heterocycles. The Hall–Kier alpha value is -3.40. The molecule has 34 heavy (non-hydrogen) atoms. The Labute approximate surface area is 197 Å². The van der Waals surface area contributed by atoms with E-state index in [1.165, 1.54) is 0 Å². The van der Waals surface area contributed by atoms with E-state index in [1.807, 2.05) is 12.3 Å². The topological polar surface area (TPSA) is 115 Å². The molecule has 1 saturated carbocycles. The third-order valence-electron chi connectivity index (χ3n) is 6.97. The smallest absolute Gasteiger partial charge is 0.274 e. The molecule has 1 aliphatic carbocycles. The predicted octanol–water partition coefficient (Wildman–Crippen LogP) is 2.95. The van der Waals surface area contributed by atoms with Crippen molar-refractivity contribution in [3.8, 4) is 0 Å². The van der Waals surface area contributed by atoms with Crippen molar-refractivity contribution in [1.82, 2.24) is 24.5 Å². The van der Waals surface area contributed by atoms with Gasteiger partial charge in [-0.05, 0) is 43.7 Å². The number of ether oxygens (including phenoxy) is 1. The molecule has 2 unspecified atom stereocenters. The highest BCUT2D eigenvalue weighted by Crippen LogP contribution is 2.26. The molecule has 3 aromatic heterocycles. The van der Waals surface area contributed by atoms with Gasteiger partial charge in [-0.1, -0.05) is 13.3 Å². The zero-order chi connectivity index (χ0) is 23.7. The summed E-state index contributed by atoms with van der Waals surface area (Å²) >= 11 is 0. The van der Waals surface area contributed by atoms with Crippen LogP contribution in [0.2, 0.25) is 0 Å². The van der Waals surface area contributed by atoms with Crippen LogP contribution in [-0.2, 0) is 4.74 Å². The summed E-state index contributed by atoms with van der Waals surface area (Å²) in [6.07, 6.45) is 8.22. The van der Waals surface area contributed by atoms with Gasteiger partial charge < -0.3 is 25.3 Å². The molecule has 0 spiro atoms. The first-order valence-electron chi connectivity index (χ1n) is 12.0. The first-order chi connectivity index (χ1) is 16.5. The maximum Gasteiger partial charge on any atom is 0.274 e. The van der Waals surface area contributed by atoms with Crippen LogP contribution in [0.4, 0.5) is 17.3 Å². The van der Waals surface area contributed by atoms with E-state index in [9.17, 15) is 9.59 Å². The predicted molar refractivity (Wildman–Crippen MR) is 130 cm³/mol. The number of anilines is 3. The van der Waals surface area contributed by atoms with Gasteiger partial charge in [0.15, 0.2) is 5.65 Å².